The van der Waals surface area contributed by atoms with Gasteiger partial charge in [-0.1, -0.05) is 37.6 Å². The number of nitrogens with one attached hydrogen (secondary N) is 1. The molecule has 1 aromatic rings. The zero-order valence-electron chi connectivity index (χ0n) is 15.0. The van der Waals surface area contributed by atoms with Crippen molar-refractivity contribution in [3.05, 3.63) is 34.9 Å². The van der Waals surface area contributed by atoms with E-state index in [0.717, 1.165) is 5.56 Å². The third kappa shape index (κ3) is 8.71. The first-order valence-corrected chi connectivity index (χ1v) is 8.66. The van der Waals surface area contributed by atoms with Gasteiger partial charge >= 0.3 is 18.0 Å². The minimum atomic E-state index is -1.03. The molecule has 0 unspecified atom stereocenters. The third-order valence-electron chi connectivity index (χ3n) is 3.40. The van der Waals surface area contributed by atoms with Gasteiger partial charge in [-0.25, -0.2) is 4.79 Å². The lowest BCUT2D eigenvalue weighted by Gasteiger charge is -2.18. The molecule has 26 heavy (non-hydrogen) atoms. The van der Waals surface area contributed by atoms with Crippen molar-refractivity contribution >= 4 is 29.6 Å². The van der Waals surface area contributed by atoms with Gasteiger partial charge in [0.15, 0.2) is 0 Å². The fraction of sp³-hybridized carbons (Fsp3) is 0.500. The first-order valence-electron chi connectivity index (χ1n) is 8.28. The lowest BCUT2D eigenvalue weighted by Crippen LogP contribution is -2.33. The number of carbonyl (C=O) groups is 3. The summed E-state index contributed by atoms with van der Waals surface area (Å²) in [5.74, 6) is -1.75. The fourth-order valence-electron chi connectivity index (χ4n) is 2.24. The molecule has 0 fully saturated rings. The third-order valence-corrected chi connectivity index (χ3v) is 3.65. The largest absolute Gasteiger partial charge is 0.481 e. The van der Waals surface area contributed by atoms with Crippen LogP contribution in [-0.4, -0.2) is 36.0 Å². The topological polar surface area (TPSA) is 102 Å². The molecule has 0 heterocycles. The van der Waals surface area contributed by atoms with Crippen molar-refractivity contribution in [3.8, 4) is 0 Å². The van der Waals surface area contributed by atoms with E-state index in [2.05, 4.69) is 5.32 Å². The Morgan fingerprint density at radius 2 is 1.69 bits per heavy atom. The number of rotatable bonds is 9. The Bertz CT molecular complexity index is 617. The minimum absolute atomic E-state index is 0.0550. The molecular weight excluding hydrogens is 362 g/mol. The molecule has 0 aliphatic heterocycles. The fourth-order valence-corrected chi connectivity index (χ4v) is 2.37. The van der Waals surface area contributed by atoms with Gasteiger partial charge in [-0.05, 0) is 23.6 Å². The van der Waals surface area contributed by atoms with Gasteiger partial charge in [0.05, 0.1) is 6.42 Å². The number of hydrogen-bond donors (Lipinski definition) is 2. The lowest BCUT2D eigenvalue weighted by molar-refractivity contribution is -0.165. The Morgan fingerprint density at radius 3 is 2.23 bits per heavy atom. The van der Waals surface area contributed by atoms with Crippen LogP contribution in [-0.2, 0) is 19.1 Å². The van der Waals surface area contributed by atoms with Crippen molar-refractivity contribution in [2.45, 2.75) is 45.8 Å². The van der Waals surface area contributed by atoms with E-state index in [1.165, 1.54) is 6.92 Å². The smallest absolute Gasteiger partial charge is 0.410 e. The number of alkyl carbamates (subject to hydrolysis) is 1. The molecule has 0 aliphatic rings. The number of carbonyl (C=O) groups excluding carboxylic acids is 2. The Labute approximate surface area is 157 Å². The molecule has 8 heteroatoms. The standard InChI is InChI=1S/C18H24ClNO6/c1-11(2)8-17(23)25-12(3)26-18(24)20-10-14(9-16(21)22)13-4-6-15(19)7-5-13/h4-7,11-12,14H,8-10H2,1-3H3,(H,20,24)(H,21,22)/t12-,14+/m1/s1. The monoisotopic (exact) mass is 385 g/mol. The first-order chi connectivity index (χ1) is 12.2. The summed E-state index contributed by atoms with van der Waals surface area (Å²) < 4.78 is 9.92. The molecule has 1 rings (SSSR count). The molecular formula is C18H24ClNO6. The summed E-state index contributed by atoms with van der Waals surface area (Å²) in [4.78, 5) is 34.4. The van der Waals surface area contributed by atoms with E-state index in [1.807, 2.05) is 13.8 Å². The van der Waals surface area contributed by atoms with Crippen LogP contribution in [0.5, 0.6) is 0 Å². The van der Waals surface area contributed by atoms with Gasteiger partial charge in [0.25, 0.3) is 0 Å². The number of halogens is 1. The number of amides is 1. The second-order valence-corrected chi connectivity index (χ2v) is 6.72. The van der Waals surface area contributed by atoms with Crippen LogP contribution in [0.2, 0.25) is 5.02 Å². The molecule has 0 saturated carbocycles. The zero-order valence-corrected chi connectivity index (χ0v) is 15.8. The Hall–Kier alpha value is -2.28. The molecule has 0 radical (unpaired) electrons. The number of carboxylic acid groups (broad SMARTS) is 1. The quantitative estimate of drug-likeness (QED) is 0.497. The lowest BCUT2D eigenvalue weighted by atomic mass is 9.96. The molecule has 144 valence electrons. The SMILES string of the molecule is CC(C)CC(=O)O[C@@H](C)OC(=O)NC[C@H](CC(=O)O)c1ccc(Cl)cc1. The summed E-state index contributed by atoms with van der Waals surface area (Å²) in [6, 6.07) is 6.72. The molecule has 1 amide bonds. The van der Waals surface area contributed by atoms with Crippen LogP contribution >= 0.6 is 11.6 Å². The number of ether oxygens (including phenoxy) is 2. The van der Waals surface area contributed by atoms with Crippen LogP contribution in [0.3, 0.4) is 0 Å². The Balaban J connectivity index is 2.54. The summed E-state index contributed by atoms with van der Waals surface area (Å²) in [7, 11) is 0. The number of benzene rings is 1. The number of hydrogen-bond acceptors (Lipinski definition) is 5. The first kappa shape index (κ1) is 21.8. The van der Waals surface area contributed by atoms with Crippen LogP contribution in [0.25, 0.3) is 0 Å². The average molecular weight is 386 g/mol. The van der Waals surface area contributed by atoms with Crippen LogP contribution < -0.4 is 5.32 Å². The zero-order chi connectivity index (χ0) is 19.7. The van der Waals surface area contributed by atoms with E-state index in [9.17, 15) is 14.4 Å². The second-order valence-electron chi connectivity index (χ2n) is 6.29. The molecule has 1 aromatic carbocycles. The van der Waals surface area contributed by atoms with E-state index in [4.69, 9.17) is 26.2 Å². The molecule has 0 spiro atoms. The number of carboxylic acids is 1. The predicted molar refractivity (Wildman–Crippen MR) is 95.9 cm³/mol. The van der Waals surface area contributed by atoms with Crippen molar-refractivity contribution in [1.29, 1.82) is 0 Å². The predicted octanol–water partition coefficient (Wildman–Crippen LogP) is 3.56. The molecule has 0 aliphatic carbocycles. The van der Waals surface area contributed by atoms with E-state index >= 15 is 0 Å². The Kier molecular flexibility index (Phi) is 8.92. The highest BCUT2D eigenvalue weighted by atomic mass is 35.5. The summed E-state index contributed by atoms with van der Waals surface area (Å²) >= 11 is 5.83. The highest BCUT2D eigenvalue weighted by molar-refractivity contribution is 6.30. The van der Waals surface area contributed by atoms with E-state index < -0.39 is 30.2 Å². The maximum Gasteiger partial charge on any atom is 0.410 e. The van der Waals surface area contributed by atoms with Crippen LogP contribution in [0, 0.1) is 5.92 Å². The van der Waals surface area contributed by atoms with E-state index in [0.29, 0.717) is 5.02 Å². The highest BCUT2D eigenvalue weighted by Crippen LogP contribution is 2.21. The van der Waals surface area contributed by atoms with Crippen molar-refractivity contribution in [1.82, 2.24) is 5.32 Å². The molecule has 0 bridgehead atoms. The van der Waals surface area contributed by atoms with Gasteiger partial charge in [0.1, 0.15) is 0 Å². The molecule has 0 saturated heterocycles. The van der Waals surface area contributed by atoms with Gasteiger partial charge in [0, 0.05) is 30.8 Å². The highest BCUT2D eigenvalue weighted by Gasteiger charge is 2.19. The number of esters is 1. The minimum Gasteiger partial charge on any atom is -0.481 e. The van der Waals surface area contributed by atoms with E-state index in [1.54, 1.807) is 24.3 Å². The average Bonchev–Trinajstić information content (AvgIpc) is 2.50. The molecule has 0 aromatic heterocycles. The maximum absolute atomic E-state index is 11.8. The van der Waals surface area contributed by atoms with Gasteiger partial charge in [-0.3, -0.25) is 9.59 Å². The van der Waals surface area contributed by atoms with Crippen LogP contribution in [0.15, 0.2) is 24.3 Å². The van der Waals surface area contributed by atoms with Crippen molar-refractivity contribution in [3.63, 3.8) is 0 Å². The van der Waals surface area contributed by atoms with Gasteiger partial charge in [-0.15, -0.1) is 0 Å². The summed E-state index contributed by atoms with van der Waals surface area (Å²) in [6.45, 7) is 5.24. The molecule has 2 atom stereocenters. The van der Waals surface area contributed by atoms with Gasteiger partial charge in [-0.2, -0.15) is 0 Å². The van der Waals surface area contributed by atoms with Gasteiger partial charge < -0.3 is 19.9 Å². The normalized spacial score (nSPS) is 13.0. The van der Waals surface area contributed by atoms with Crippen LogP contribution in [0.4, 0.5) is 4.79 Å². The van der Waals surface area contributed by atoms with Crippen molar-refractivity contribution < 1.29 is 29.0 Å². The summed E-state index contributed by atoms with van der Waals surface area (Å²) in [6.07, 6.45) is -1.76. The number of aliphatic carboxylic acids is 1. The summed E-state index contributed by atoms with van der Waals surface area (Å²) in [5.41, 5.74) is 0.730. The van der Waals surface area contributed by atoms with Crippen molar-refractivity contribution in [2.24, 2.45) is 5.92 Å². The van der Waals surface area contributed by atoms with Gasteiger partial charge in [0.2, 0.25) is 6.29 Å². The van der Waals surface area contributed by atoms with Crippen LogP contribution in [0.1, 0.15) is 45.1 Å². The Morgan fingerprint density at radius 1 is 1.08 bits per heavy atom. The molecule has 2 N–H and O–H groups in total. The van der Waals surface area contributed by atoms with E-state index in [-0.39, 0.29) is 25.3 Å². The maximum atomic E-state index is 11.8. The summed E-state index contributed by atoms with van der Waals surface area (Å²) in [5, 5.41) is 12.1. The second kappa shape index (κ2) is 10.7. The van der Waals surface area contributed by atoms with Crippen molar-refractivity contribution in [2.75, 3.05) is 6.54 Å². The molecule has 7 nitrogen and oxygen atoms in total.